The van der Waals surface area contributed by atoms with Gasteiger partial charge in [0.1, 0.15) is 6.54 Å². The van der Waals surface area contributed by atoms with Crippen molar-refractivity contribution in [1.82, 2.24) is 29.6 Å². The zero-order valence-corrected chi connectivity index (χ0v) is 25.2. The molecule has 1 aliphatic rings. The van der Waals surface area contributed by atoms with Crippen LogP contribution in [0.1, 0.15) is 43.5 Å². The van der Waals surface area contributed by atoms with Crippen molar-refractivity contribution in [2.45, 2.75) is 44.9 Å². The summed E-state index contributed by atoms with van der Waals surface area (Å²) in [5.41, 5.74) is 9.25. The van der Waals surface area contributed by atoms with Crippen molar-refractivity contribution in [3.63, 3.8) is 0 Å². The van der Waals surface area contributed by atoms with Crippen LogP contribution in [0.3, 0.4) is 0 Å². The number of carbonyl (C=O) groups is 1. The van der Waals surface area contributed by atoms with Gasteiger partial charge in [0.15, 0.2) is 0 Å². The fraction of sp³-hybridized carbons (Fsp3) is 0.290. The minimum atomic E-state index is -4.43. The number of benzene rings is 1. The van der Waals surface area contributed by atoms with Crippen molar-refractivity contribution in [3.05, 3.63) is 99.8 Å². The van der Waals surface area contributed by atoms with Gasteiger partial charge in [0.2, 0.25) is 5.91 Å². The van der Waals surface area contributed by atoms with E-state index >= 15 is 0 Å². The van der Waals surface area contributed by atoms with Crippen molar-refractivity contribution in [1.29, 1.82) is 0 Å². The summed E-state index contributed by atoms with van der Waals surface area (Å²) in [6.07, 6.45) is 4.16. The predicted octanol–water partition coefficient (Wildman–Crippen LogP) is 5.13. The van der Waals surface area contributed by atoms with Crippen LogP contribution < -0.4 is 16.6 Å². The molecule has 3 N–H and O–H groups in total. The summed E-state index contributed by atoms with van der Waals surface area (Å²) in [5, 5.41) is 7.07. The molecule has 234 valence electrons. The predicted molar refractivity (Wildman–Crippen MR) is 164 cm³/mol. The molecule has 0 saturated heterocycles. The van der Waals surface area contributed by atoms with Gasteiger partial charge in [-0.15, -0.1) is 0 Å². The Morgan fingerprint density at radius 3 is 2.62 bits per heavy atom. The zero-order valence-electron chi connectivity index (χ0n) is 24.4. The van der Waals surface area contributed by atoms with E-state index < -0.39 is 18.8 Å². The number of halogens is 4. The van der Waals surface area contributed by atoms with E-state index in [0.717, 1.165) is 4.68 Å². The second kappa shape index (κ2) is 13.1. The second-order valence-corrected chi connectivity index (χ2v) is 11.1. The van der Waals surface area contributed by atoms with E-state index in [1.54, 1.807) is 37.5 Å². The highest BCUT2D eigenvalue weighted by atomic mass is 35.5. The van der Waals surface area contributed by atoms with Gasteiger partial charge < -0.3 is 11.1 Å². The van der Waals surface area contributed by atoms with Crippen LogP contribution in [0.5, 0.6) is 0 Å². The lowest BCUT2D eigenvalue weighted by Crippen LogP contribution is -2.33. The number of hydrogen-bond donors (Lipinski definition) is 2. The van der Waals surface area contributed by atoms with Crippen molar-refractivity contribution in [2.75, 3.05) is 7.05 Å². The molecule has 0 spiro atoms. The summed E-state index contributed by atoms with van der Waals surface area (Å²) in [5.74, 6) is -0.521. The molecule has 4 aromatic rings. The smallest absolute Gasteiger partial charge is 0.403 e. The van der Waals surface area contributed by atoms with Crippen molar-refractivity contribution in [3.8, 4) is 22.4 Å². The third kappa shape index (κ3) is 7.14. The van der Waals surface area contributed by atoms with Gasteiger partial charge in [0, 0.05) is 59.3 Å². The van der Waals surface area contributed by atoms with Crippen LogP contribution in [0.2, 0.25) is 5.02 Å². The average Bonchev–Trinajstić information content (AvgIpc) is 3.45. The van der Waals surface area contributed by atoms with Crippen molar-refractivity contribution < 1.29 is 18.0 Å². The monoisotopic (exact) mass is 638 g/mol. The van der Waals surface area contributed by atoms with Crippen LogP contribution in [0, 0.1) is 5.92 Å². The van der Waals surface area contributed by atoms with Crippen LogP contribution in [0.25, 0.3) is 22.4 Å². The summed E-state index contributed by atoms with van der Waals surface area (Å²) in [7, 11) is 1.59. The summed E-state index contributed by atoms with van der Waals surface area (Å²) in [6, 6.07) is 9.25. The molecule has 0 aliphatic carbocycles. The van der Waals surface area contributed by atoms with Gasteiger partial charge in [0.25, 0.3) is 5.56 Å². The molecule has 2 unspecified atom stereocenters. The maximum atomic E-state index is 13.7. The topological polar surface area (TPSA) is 133 Å². The Hall–Kier alpha value is -4.78. The number of hydrogen-bond acceptors (Lipinski definition) is 7. The number of nitrogens with zero attached hydrogens (tertiary/aromatic N) is 6. The lowest BCUT2D eigenvalue weighted by molar-refractivity contribution is -0.142. The second-order valence-electron chi connectivity index (χ2n) is 10.7. The largest absolute Gasteiger partial charge is 0.408 e. The normalized spacial score (nSPS) is 19.6. The third-order valence-electron chi connectivity index (χ3n) is 7.58. The number of fused-ring (bicyclic) bond motifs is 2. The molecule has 2 atom stereocenters. The molecule has 0 saturated carbocycles. The molecule has 0 radical (unpaired) electrons. The molecular formula is C31H30ClF3N8O2. The van der Waals surface area contributed by atoms with E-state index in [1.807, 2.05) is 13.0 Å². The average molecular weight is 639 g/mol. The Morgan fingerprint density at radius 2 is 1.91 bits per heavy atom. The standard InChI is InChI=1S/C31H30ClF3N8O2/c1-18-4-3-5-27(25-10-19(8-9-38-25)29(37-2)26(13-36)41-30(18)45)43-17-39-24(12-28(43)44)23-11-21(32)6-7-22(23)20-14-40-42(15-20)16-31(33,34)35/h6-15,17-18,27H,3-5,16,36H2,1-2H3,(H,41,45). The molecule has 0 fully saturated rings. The van der Waals surface area contributed by atoms with Gasteiger partial charge in [-0.25, -0.2) is 4.98 Å². The highest BCUT2D eigenvalue weighted by Crippen LogP contribution is 2.34. The number of aromatic nitrogens is 5. The number of nitrogens with one attached hydrogen (secondary N) is 1. The molecule has 1 amide bonds. The first-order chi connectivity index (χ1) is 21.5. The Balaban J connectivity index is 1.56. The molecule has 2 bridgehead atoms. The zero-order chi connectivity index (χ0) is 32.3. The van der Waals surface area contributed by atoms with E-state index in [0.29, 0.717) is 63.6 Å². The summed E-state index contributed by atoms with van der Waals surface area (Å²) in [6.45, 7) is 0.585. The molecule has 10 nitrogen and oxygen atoms in total. The number of allylic oxidation sites excluding steroid dienone is 1. The number of aliphatic imine (C=N–C) groups is 1. The highest BCUT2D eigenvalue weighted by molar-refractivity contribution is 6.31. The first-order valence-electron chi connectivity index (χ1n) is 14.1. The van der Waals surface area contributed by atoms with Gasteiger partial charge in [-0.05, 0) is 42.7 Å². The van der Waals surface area contributed by atoms with Gasteiger partial charge in [-0.1, -0.05) is 31.0 Å². The van der Waals surface area contributed by atoms with E-state index in [9.17, 15) is 22.8 Å². The Bertz CT molecular complexity index is 1850. The summed E-state index contributed by atoms with van der Waals surface area (Å²) in [4.78, 5) is 40.1. The molecule has 45 heavy (non-hydrogen) atoms. The number of nitrogens with two attached hydrogens (primary N) is 1. The van der Waals surface area contributed by atoms with Crippen molar-refractivity contribution in [2.24, 2.45) is 16.6 Å². The molecule has 4 heterocycles. The molecule has 1 aromatic carbocycles. The first-order valence-corrected chi connectivity index (χ1v) is 14.5. The van der Waals surface area contributed by atoms with Crippen LogP contribution in [0.4, 0.5) is 13.2 Å². The quantitative estimate of drug-likeness (QED) is 0.319. The Labute approximate surface area is 261 Å². The number of alkyl halides is 3. The summed E-state index contributed by atoms with van der Waals surface area (Å²) < 4.78 is 41.1. The number of rotatable bonds is 4. The van der Waals surface area contributed by atoms with Gasteiger partial charge in [-0.3, -0.25) is 28.8 Å². The minimum absolute atomic E-state index is 0.191. The Kier molecular flexibility index (Phi) is 9.19. The van der Waals surface area contributed by atoms with Gasteiger partial charge >= 0.3 is 6.18 Å². The van der Waals surface area contributed by atoms with E-state index in [2.05, 4.69) is 25.4 Å². The van der Waals surface area contributed by atoms with E-state index in [1.165, 1.54) is 35.6 Å². The number of pyridine rings is 1. The van der Waals surface area contributed by atoms with Crippen LogP contribution >= 0.6 is 11.6 Å². The van der Waals surface area contributed by atoms with Gasteiger partial charge in [0.05, 0.1) is 41.4 Å². The molecule has 5 rings (SSSR count). The fourth-order valence-electron chi connectivity index (χ4n) is 5.34. The van der Waals surface area contributed by atoms with E-state index in [-0.39, 0.29) is 23.1 Å². The first kappa shape index (κ1) is 31.6. The SMILES string of the molecule is CN=C1C(=CN)NC(=O)C(C)CCCC(n2cnc(-c3cc(Cl)ccc3-c3cnn(CC(F)(F)F)c3)cc2=O)c2cc1ccn2. The highest BCUT2D eigenvalue weighted by Gasteiger charge is 2.29. The number of carbonyl (C=O) groups excluding carboxylic acids is 1. The molecular weight excluding hydrogens is 609 g/mol. The maximum absolute atomic E-state index is 13.7. The fourth-order valence-corrected chi connectivity index (χ4v) is 5.51. The lowest BCUT2D eigenvalue weighted by Gasteiger charge is -2.23. The van der Waals surface area contributed by atoms with Crippen LogP contribution in [-0.4, -0.2) is 49.2 Å². The number of amides is 1. The van der Waals surface area contributed by atoms with Crippen LogP contribution in [0.15, 0.2) is 83.0 Å². The maximum Gasteiger partial charge on any atom is 0.408 e. The lowest BCUT2D eigenvalue weighted by atomic mass is 9.96. The Morgan fingerprint density at radius 1 is 1.11 bits per heavy atom. The van der Waals surface area contributed by atoms with Gasteiger partial charge in [-0.2, -0.15) is 18.3 Å². The summed E-state index contributed by atoms with van der Waals surface area (Å²) >= 11 is 6.29. The van der Waals surface area contributed by atoms with Crippen LogP contribution in [-0.2, 0) is 11.3 Å². The molecule has 1 aliphatic heterocycles. The molecule has 3 aromatic heterocycles. The van der Waals surface area contributed by atoms with Crippen molar-refractivity contribution >= 4 is 23.2 Å². The molecule has 14 heteroatoms. The van der Waals surface area contributed by atoms with E-state index in [4.69, 9.17) is 17.3 Å². The minimum Gasteiger partial charge on any atom is -0.403 e. The third-order valence-corrected chi connectivity index (χ3v) is 7.81.